The molecule has 2 aromatic carbocycles. The predicted molar refractivity (Wildman–Crippen MR) is 92.3 cm³/mol. The van der Waals surface area contributed by atoms with E-state index >= 15 is 0 Å². The van der Waals surface area contributed by atoms with Crippen molar-refractivity contribution in [2.75, 3.05) is 5.32 Å². The lowest BCUT2D eigenvalue weighted by molar-refractivity contribution is 0.749. The van der Waals surface area contributed by atoms with E-state index in [4.69, 9.17) is 34.8 Å². The Kier molecular flexibility index (Phi) is 5.62. The summed E-state index contributed by atoms with van der Waals surface area (Å²) in [4.78, 5) is 0. The molecule has 1 atom stereocenters. The Morgan fingerprint density at radius 2 is 1.80 bits per heavy atom. The zero-order chi connectivity index (χ0) is 14.7. The minimum Gasteiger partial charge on any atom is -0.377 e. The summed E-state index contributed by atoms with van der Waals surface area (Å²) in [5.74, 6) is 0. The quantitative estimate of drug-likeness (QED) is 0.591. The van der Waals surface area contributed by atoms with E-state index in [0.29, 0.717) is 15.1 Å². The number of hydrogen-bond acceptors (Lipinski definition) is 1. The van der Waals surface area contributed by atoms with Crippen molar-refractivity contribution >= 4 is 56.4 Å². The average molecular weight is 394 g/mol. The molecule has 0 fully saturated rings. The molecule has 0 aliphatic heterocycles. The summed E-state index contributed by atoms with van der Waals surface area (Å²) in [7, 11) is 0. The normalized spacial score (nSPS) is 12.2. The van der Waals surface area contributed by atoms with Crippen molar-refractivity contribution in [1.29, 1.82) is 0 Å². The molecule has 1 unspecified atom stereocenters. The first-order chi connectivity index (χ1) is 9.51. The van der Waals surface area contributed by atoms with Gasteiger partial charge < -0.3 is 5.32 Å². The fourth-order valence-electron chi connectivity index (χ4n) is 1.94. The Hall–Kier alpha value is -0.410. The van der Waals surface area contributed by atoms with Crippen molar-refractivity contribution in [3.05, 3.63) is 61.5 Å². The highest BCUT2D eigenvalue weighted by Crippen LogP contribution is 2.32. The second-order valence-electron chi connectivity index (χ2n) is 4.40. The van der Waals surface area contributed by atoms with E-state index in [0.717, 1.165) is 22.1 Å². The maximum atomic E-state index is 6.08. The van der Waals surface area contributed by atoms with Crippen LogP contribution in [0.25, 0.3) is 0 Å². The fraction of sp³-hybridized carbons (Fsp3) is 0.200. The predicted octanol–water partition coefficient (Wildman–Crippen LogP) is 6.97. The lowest BCUT2D eigenvalue weighted by atomic mass is 10.0. The highest BCUT2D eigenvalue weighted by Gasteiger charge is 2.12. The molecule has 0 aliphatic carbocycles. The smallest absolute Gasteiger partial charge is 0.0595 e. The number of rotatable bonds is 4. The van der Waals surface area contributed by atoms with Crippen molar-refractivity contribution in [2.45, 2.75) is 19.4 Å². The molecule has 0 radical (unpaired) electrons. The molecule has 1 N–H and O–H groups in total. The Bertz CT molecular complexity index is 616. The summed E-state index contributed by atoms with van der Waals surface area (Å²) in [5.41, 5.74) is 2.09. The lowest BCUT2D eigenvalue weighted by Crippen LogP contribution is -2.10. The largest absolute Gasteiger partial charge is 0.377 e. The number of halogens is 4. The minimum absolute atomic E-state index is 0.155. The van der Waals surface area contributed by atoms with Crippen LogP contribution in [0.3, 0.4) is 0 Å². The number of benzene rings is 2. The number of hydrogen-bond donors (Lipinski definition) is 1. The van der Waals surface area contributed by atoms with Crippen LogP contribution in [0.15, 0.2) is 40.9 Å². The van der Waals surface area contributed by atoms with Gasteiger partial charge in [-0.05, 0) is 58.2 Å². The van der Waals surface area contributed by atoms with E-state index in [2.05, 4.69) is 28.2 Å². The zero-order valence-electron chi connectivity index (χ0n) is 10.8. The minimum atomic E-state index is 0.155. The van der Waals surface area contributed by atoms with Gasteiger partial charge in [-0.25, -0.2) is 0 Å². The van der Waals surface area contributed by atoms with Crippen LogP contribution in [0.2, 0.25) is 15.1 Å². The van der Waals surface area contributed by atoms with Crippen molar-refractivity contribution in [2.24, 2.45) is 0 Å². The van der Waals surface area contributed by atoms with E-state index < -0.39 is 0 Å². The van der Waals surface area contributed by atoms with Gasteiger partial charge in [0.05, 0.1) is 16.1 Å². The number of anilines is 1. The van der Waals surface area contributed by atoms with Gasteiger partial charge in [-0.15, -0.1) is 0 Å². The summed E-state index contributed by atoms with van der Waals surface area (Å²) in [6, 6.07) is 11.5. The van der Waals surface area contributed by atoms with Crippen LogP contribution in [-0.2, 0) is 0 Å². The maximum absolute atomic E-state index is 6.08. The van der Waals surface area contributed by atoms with E-state index in [1.54, 1.807) is 0 Å². The van der Waals surface area contributed by atoms with Gasteiger partial charge in [0.1, 0.15) is 0 Å². The van der Waals surface area contributed by atoms with Crippen molar-refractivity contribution in [1.82, 2.24) is 0 Å². The molecule has 20 heavy (non-hydrogen) atoms. The van der Waals surface area contributed by atoms with Gasteiger partial charge in [0, 0.05) is 15.2 Å². The third-order valence-corrected chi connectivity index (χ3v) is 4.65. The van der Waals surface area contributed by atoms with Crippen LogP contribution in [0, 0.1) is 0 Å². The molecular weight excluding hydrogens is 380 g/mol. The molecule has 0 saturated carbocycles. The van der Waals surface area contributed by atoms with E-state index in [1.807, 2.05) is 36.4 Å². The standard InChI is InChI=1S/C15H13BrCl3N/c1-2-14(9-3-5-12(18)13(19)7-9)20-15-6-4-10(17)8-11(15)16/h3-8,14,20H,2H2,1H3. The van der Waals surface area contributed by atoms with E-state index in [1.165, 1.54) is 0 Å². The van der Waals surface area contributed by atoms with Crippen LogP contribution >= 0.6 is 50.7 Å². The SMILES string of the molecule is CCC(Nc1ccc(Cl)cc1Br)c1ccc(Cl)c(Cl)c1. The Balaban J connectivity index is 2.26. The fourth-order valence-corrected chi connectivity index (χ4v) is 3.05. The molecule has 0 amide bonds. The molecule has 0 spiro atoms. The molecule has 2 aromatic rings. The van der Waals surface area contributed by atoms with Crippen molar-refractivity contribution in [3.63, 3.8) is 0 Å². The topological polar surface area (TPSA) is 12.0 Å². The van der Waals surface area contributed by atoms with Gasteiger partial charge in [-0.2, -0.15) is 0 Å². The van der Waals surface area contributed by atoms with Crippen LogP contribution in [-0.4, -0.2) is 0 Å². The Morgan fingerprint density at radius 3 is 2.40 bits per heavy atom. The highest BCUT2D eigenvalue weighted by atomic mass is 79.9. The van der Waals surface area contributed by atoms with Gasteiger partial charge in [0.2, 0.25) is 0 Å². The van der Waals surface area contributed by atoms with Crippen LogP contribution in [0.5, 0.6) is 0 Å². The molecular formula is C15H13BrCl3N. The average Bonchev–Trinajstić information content (AvgIpc) is 2.41. The zero-order valence-corrected chi connectivity index (χ0v) is 14.6. The van der Waals surface area contributed by atoms with Crippen molar-refractivity contribution < 1.29 is 0 Å². The first-order valence-corrected chi connectivity index (χ1v) is 8.10. The van der Waals surface area contributed by atoms with Crippen LogP contribution in [0.1, 0.15) is 24.9 Å². The van der Waals surface area contributed by atoms with Gasteiger partial charge >= 0.3 is 0 Å². The second-order valence-corrected chi connectivity index (χ2v) is 6.51. The molecule has 2 rings (SSSR count). The van der Waals surface area contributed by atoms with E-state index in [-0.39, 0.29) is 6.04 Å². The summed E-state index contributed by atoms with van der Waals surface area (Å²) >= 11 is 21.5. The van der Waals surface area contributed by atoms with Gasteiger partial charge in [0.15, 0.2) is 0 Å². The van der Waals surface area contributed by atoms with Gasteiger partial charge in [-0.3, -0.25) is 0 Å². The summed E-state index contributed by atoms with van der Waals surface area (Å²) < 4.78 is 0.934. The second kappa shape index (κ2) is 7.04. The van der Waals surface area contributed by atoms with Crippen molar-refractivity contribution in [3.8, 4) is 0 Å². The first kappa shape index (κ1) is 16.0. The summed E-state index contributed by atoms with van der Waals surface area (Å²) in [6.07, 6.45) is 0.924. The monoisotopic (exact) mass is 391 g/mol. The Labute approximate surface area is 142 Å². The molecule has 0 bridgehead atoms. The third kappa shape index (κ3) is 3.82. The van der Waals surface area contributed by atoms with Gasteiger partial charge in [-0.1, -0.05) is 47.8 Å². The lowest BCUT2D eigenvalue weighted by Gasteiger charge is -2.20. The number of nitrogens with one attached hydrogen (secondary N) is 1. The van der Waals surface area contributed by atoms with Gasteiger partial charge in [0.25, 0.3) is 0 Å². The molecule has 0 aliphatic rings. The molecule has 5 heteroatoms. The molecule has 106 valence electrons. The maximum Gasteiger partial charge on any atom is 0.0595 e. The summed E-state index contributed by atoms with van der Waals surface area (Å²) in [6.45, 7) is 2.12. The van der Waals surface area contributed by atoms with Crippen LogP contribution < -0.4 is 5.32 Å². The Morgan fingerprint density at radius 1 is 1.05 bits per heavy atom. The molecule has 1 nitrogen and oxygen atoms in total. The first-order valence-electron chi connectivity index (χ1n) is 6.17. The van der Waals surface area contributed by atoms with Crippen LogP contribution in [0.4, 0.5) is 5.69 Å². The molecule has 0 aromatic heterocycles. The summed E-state index contributed by atoms with van der Waals surface area (Å²) in [5, 5.41) is 5.32. The molecule has 0 heterocycles. The van der Waals surface area contributed by atoms with E-state index in [9.17, 15) is 0 Å². The highest BCUT2D eigenvalue weighted by molar-refractivity contribution is 9.10. The third-order valence-electron chi connectivity index (χ3n) is 3.02. The molecule has 0 saturated heterocycles.